The summed E-state index contributed by atoms with van der Waals surface area (Å²) in [5.41, 5.74) is 6.08. The highest BCUT2D eigenvalue weighted by molar-refractivity contribution is 5.90. The van der Waals surface area contributed by atoms with Gasteiger partial charge in [0.25, 0.3) is 0 Å². The number of fused-ring (bicyclic) bond motifs is 2. The maximum atomic E-state index is 13.1. The molecule has 2 atom stereocenters. The van der Waals surface area contributed by atoms with Crippen LogP contribution in [0.25, 0.3) is 12.2 Å². The Labute approximate surface area is 282 Å². The van der Waals surface area contributed by atoms with Gasteiger partial charge in [0.15, 0.2) is 23.0 Å². The smallest absolute Gasteiger partial charge is 0.244 e. The van der Waals surface area contributed by atoms with E-state index in [9.17, 15) is 9.59 Å². The van der Waals surface area contributed by atoms with Crippen molar-refractivity contribution in [2.45, 2.75) is 63.5 Å². The van der Waals surface area contributed by atoms with Crippen molar-refractivity contribution in [3.05, 3.63) is 69.8 Å². The molecule has 2 aromatic carbocycles. The number of aryl methyl sites for hydroxylation is 2. The zero-order chi connectivity index (χ0) is 34.2. The highest BCUT2D eigenvalue weighted by Gasteiger charge is 2.28. The van der Waals surface area contributed by atoms with E-state index >= 15 is 0 Å². The minimum Gasteiger partial charge on any atom is -0.493 e. The molecule has 0 bridgehead atoms. The summed E-state index contributed by atoms with van der Waals surface area (Å²) in [7, 11) is 9.60. The molecule has 1 saturated carbocycles. The summed E-state index contributed by atoms with van der Waals surface area (Å²) in [5.74, 6) is 3.20. The van der Waals surface area contributed by atoms with Gasteiger partial charge in [-0.1, -0.05) is 25.0 Å². The van der Waals surface area contributed by atoms with Crippen LogP contribution in [0.3, 0.4) is 0 Å². The van der Waals surface area contributed by atoms with Crippen LogP contribution in [-0.2, 0) is 22.4 Å². The summed E-state index contributed by atoms with van der Waals surface area (Å²) in [5, 5.41) is 6.28. The molecule has 48 heavy (non-hydrogen) atoms. The standard InChI is InChI=1S/C38H46N2O8/c1-43-31-21-25-15-11-23(19-27(25)35(45-3)37(31)47-5)13-17-33(41)39-29-9-7-8-10-30(29)40-34(42)18-14-24-12-16-26-22-32(44-2)38(48-6)36(46-4)28(26)20-24/h13-14,17-22,29-30H,7-12,15-16H2,1-6H3,(H,39,41)(H,40,42)/b17-13+,18-14+/t29-,30-/m1/s1. The van der Waals surface area contributed by atoms with Gasteiger partial charge in [0.2, 0.25) is 23.3 Å². The Morgan fingerprint density at radius 2 is 0.979 bits per heavy atom. The van der Waals surface area contributed by atoms with Gasteiger partial charge < -0.3 is 39.1 Å². The fourth-order valence-electron chi connectivity index (χ4n) is 6.83. The molecule has 0 heterocycles. The molecule has 0 aromatic heterocycles. The van der Waals surface area contributed by atoms with E-state index in [2.05, 4.69) is 10.6 Å². The molecule has 3 aliphatic rings. The minimum atomic E-state index is -0.185. The van der Waals surface area contributed by atoms with E-state index < -0.39 is 0 Å². The van der Waals surface area contributed by atoms with Gasteiger partial charge in [0, 0.05) is 35.4 Å². The van der Waals surface area contributed by atoms with Crippen molar-refractivity contribution in [2.75, 3.05) is 42.7 Å². The Morgan fingerprint density at radius 3 is 1.33 bits per heavy atom. The molecule has 0 radical (unpaired) electrons. The summed E-state index contributed by atoms with van der Waals surface area (Å²) < 4.78 is 33.4. The number of benzene rings is 2. The van der Waals surface area contributed by atoms with Gasteiger partial charge in [-0.25, -0.2) is 0 Å². The van der Waals surface area contributed by atoms with Crippen LogP contribution in [-0.4, -0.2) is 66.6 Å². The molecule has 2 aromatic rings. The van der Waals surface area contributed by atoms with Crippen LogP contribution in [0.1, 0.15) is 60.8 Å². The predicted octanol–water partition coefficient (Wildman–Crippen LogP) is 5.75. The molecule has 10 nitrogen and oxygen atoms in total. The fourth-order valence-corrected chi connectivity index (χ4v) is 6.83. The molecular weight excluding hydrogens is 612 g/mol. The number of allylic oxidation sites excluding steroid dienone is 4. The normalized spacial score (nSPS) is 18.6. The first-order chi connectivity index (χ1) is 23.3. The SMILES string of the molecule is COc1cc2c(c(OC)c1OC)C=C(/C=C/C(=O)N[C@@H]1CCCC[C@H]1NC(=O)/C=C/C1=Cc3c(cc(OC)c(OC)c3OC)CC1)CC2. The van der Waals surface area contributed by atoms with Crippen LogP contribution >= 0.6 is 0 Å². The number of hydrogen-bond donors (Lipinski definition) is 2. The van der Waals surface area contributed by atoms with Gasteiger partial charge in [0.1, 0.15) is 0 Å². The van der Waals surface area contributed by atoms with Gasteiger partial charge in [0.05, 0.1) is 42.7 Å². The summed E-state index contributed by atoms with van der Waals surface area (Å²) in [6.07, 6.45) is 17.6. The monoisotopic (exact) mass is 658 g/mol. The van der Waals surface area contributed by atoms with Gasteiger partial charge in [-0.05, 0) is 85.1 Å². The molecular formula is C38H46N2O8. The van der Waals surface area contributed by atoms with Crippen molar-refractivity contribution in [1.82, 2.24) is 10.6 Å². The zero-order valence-corrected chi connectivity index (χ0v) is 28.7. The molecule has 5 rings (SSSR count). The second-order valence-corrected chi connectivity index (χ2v) is 12.1. The van der Waals surface area contributed by atoms with Crippen LogP contribution in [0.2, 0.25) is 0 Å². The van der Waals surface area contributed by atoms with Gasteiger partial charge in [-0.15, -0.1) is 0 Å². The second-order valence-electron chi connectivity index (χ2n) is 12.1. The third-order valence-electron chi connectivity index (χ3n) is 9.25. The number of hydrogen-bond acceptors (Lipinski definition) is 8. The number of carbonyl (C=O) groups excluding carboxylic acids is 2. The van der Waals surface area contributed by atoms with Crippen molar-refractivity contribution in [2.24, 2.45) is 0 Å². The minimum absolute atomic E-state index is 0.154. The Hall–Kier alpha value is -4.86. The van der Waals surface area contributed by atoms with Crippen LogP contribution in [0.4, 0.5) is 0 Å². The number of rotatable bonds is 12. The molecule has 0 aliphatic heterocycles. The summed E-state index contributed by atoms with van der Waals surface area (Å²) in [4.78, 5) is 26.1. The summed E-state index contributed by atoms with van der Waals surface area (Å²) >= 11 is 0. The highest BCUT2D eigenvalue weighted by Crippen LogP contribution is 2.46. The van der Waals surface area contributed by atoms with Gasteiger partial charge >= 0.3 is 0 Å². The largest absolute Gasteiger partial charge is 0.493 e. The van der Waals surface area contributed by atoms with E-state index in [1.54, 1.807) is 54.8 Å². The van der Waals surface area contributed by atoms with E-state index in [0.717, 1.165) is 84.8 Å². The van der Waals surface area contributed by atoms with E-state index in [1.807, 2.05) is 36.4 Å². The van der Waals surface area contributed by atoms with Crippen molar-refractivity contribution in [3.63, 3.8) is 0 Å². The van der Waals surface area contributed by atoms with Crippen molar-refractivity contribution < 1.29 is 38.0 Å². The molecule has 1 fully saturated rings. The van der Waals surface area contributed by atoms with Gasteiger partial charge in [-0.2, -0.15) is 0 Å². The van der Waals surface area contributed by atoms with Crippen LogP contribution in [0, 0.1) is 0 Å². The second kappa shape index (κ2) is 15.8. The number of carbonyl (C=O) groups is 2. The lowest BCUT2D eigenvalue weighted by atomic mass is 9.89. The first-order valence-corrected chi connectivity index (χ1v) is 16.4. The Balaban J connectivity index is 1.22. The average Bonchev–Trinajstić information content (AvgIpc) is 3.11. The van der Waals surface area contributed by atoms with Crippen molar-refractivity contribution in [3.8, 4) is 34.5 Å². The molecule has 0 unspecified atom stereocenters. The van der Waals surface area contributed by atoms with Crippen molar-refractivity contribution >= 4 is 24.0 Å². The molecule has 2 N–H and O–H groups in total. The maximum absolute atomic E-state index is 13.1. The number of nitrogens with one attached hydrogen (secondary N) is 2. The quantitative estimate of drug-likeness (QED) is 0.277. The highest BCUT2D eigenvalue weighted by atomic mass is 16.5. The van der Waals surface area contributed by atoms with E-state index in [-0.39, 0.29) is 23.9 Å². The van der Waals surface area contributed by atoms with E-state index in [0.29, 0.717) is 34.5 Å². The summed E-state index contributed by atoms with van der Waals surface area (Å²) in [6.45, 7) is 0. The zero-order valence-electron chi connectivity index (χ0n) is 28.7. The van der Waals surface area contributed by atoms with E-state index in [4.69, 9.17) is 28.4 Å². The number of ether oxygens (including phenoxy) is 6. The lowest BCUT2D eigenvalue weighted by Crippen LogP contribution is -2.52. The van der Waals surface area contributed by atoms with Crippen LogP contribution < -0.4 is 39.1 Å². The maximum Gasteiger partial charge on any atom is 0.244 e. The fraction of sp³-hybridized carbons (Fsp3) is 0.421. The Kier molecular flexibility index (Phi) is 11.4. The molecule has 0 saturated heterocycles. The molecule has 256 valence electrons. The van der Waals surface area contributed by atoms with E-state index in [1.165, 1.54) is 0 Å². The third kappa shape index (κ3) is 7.48. The topological polar surface area (TPSA) is 114 Å². The molecule has 3 aliphatic carbocycles. The summed E-state index contributed by atoms with van der Waals surface area (Å²) in [6, 6.07) is 3.65. The van der Waals surface area contributed by atoms with Crippen LogP contribution in [0.15, 0.2) is 47.6 Å². The first kappa shape index (κ1) is 34.5. The lowest BCUT2D eigenvalue weighted by molar-refractivity contribution is -0.120. The third-order valence-corrected chi connectivity index (χ3v) is 9.25. The van der Waals surface area contributed by atoms with Gasteiger partial charge in [-0.3, -0.25) is 9.59 Å². The lowest BCUT2D eigenvalue weighted by Gasteiger charge is -2.32. The molecule has 0 spiro atoms. The number of amides is 2. The Morgan fingerprint density at radius 1 is 0.583 bits per heavy atom. The molecule has 10 heteroatoms. The Bertz CT molecular complexity index is 1530. The first-order valence-electron chi connectivity index (χ1n) is 16.4. The van der Waals surface area contributed by atoms with Crippen LogP contribution in [0.5, 0.6) is 34.5 Å². The van der Waals surface area contributed by atoms with Crippen molar-refractivity contribution in [1.29, 1.82) is 0 Å². The number of methoxy groups -OCH3 is 6. The molecule has 2 amide bonds. The predicted molar refractivity (Wildman–Crippen MR) is 185 cm³/mol. The average molecular weight is 659 g/mol.